The van der Waals surface area contributed by atoms with Crippen molar-refractivity contribution in [1.82, 2.24) is 9.97 Å². The van der Waals surface area contributed by atoms with Gasteiger partial charge in [0, 0.05) is 23.9 Å². The number of hydrogen-bond donors (Lipinski definition) is 2. The monoisotopic (exact) mass is 235 g/mol. The summed E-state index contributed by atoms with van der Waals surface area (Å²) in [6.45, 7) is 4.22. The first kappa shape index (κ1) is 12.3. The summed E-state index contributed by atoms with van der Waals surface area (Å²) in [5, 5.41) is 12.3. The van der Waals surface area contributed by atoms with E-state index in [9.17, 15) is 0 Å². The predicted octanol–water partition coefficient (Wildman–Crippen LogP) is 1.85. The van der Waals surface area contributed by atoms with Gasteiger partial charge in [0.25, 0.3) is 0 Å². The summed E-state index contributed by atoms with van der Waals surface area (Å²) >= 11 is 0. The highest BCUT2D eigenvalue weighted by atomic mass is 16.3. The van der Waals surface area contributed by atoms with E-state index in [1.54, 1.807) is 0 Å². The number of aliphatic hydroxyl groups is 1. The highest BCUT2D eigenvalue weighted by Gasteiger charge is 2.17. The van der Waals surface area contributed by atoms with Crippen molar-refractivity contribution in [2.24, 2.45) is 0 Å². The second-order valence-corrected chi connectivity index (χ2v) is 4.81. The molecular weight excluding hydrogens is 214 g/mol. The Bertz CT molecular complexity index is 392. The van der Waals surface area contributed by atoms with Crippen molar-refractivity contribution in [1.29, 1.82) is 0 Å². The smallest absolute Gasteiger partial charge is 0.133 e. The molecule has 1 aromatic heterocycles. The zero-order chi connectivity index (χ0) is 12.3. The van der Waals surface area contributed by atoms with Crippen molar-refractivity contribution in [3.05, 3.63) is 17.1 Å². The summed E-state index contributed by atoms with van der Waals surface area (Å²) in [5.41, 5.74) is 2.49. The third kappa shape index (κ3) is 2.94. The molecule has 94 valence electrons. The normalized spacial score (nSPS) is 16.4. The zero-order valence-corrected chi connectivity index (χ0v) is 10.7. The number of rotatable bonds is 4. The van der Waals surface area contributed by atoms with Gasteiger partial charge in [-0.2, -0.15) is 0 Å². The van der Waals surface area contributed by atoms with Gasteiger partial charge in [0.1, 0.15) is 11.6 Å². The van der Waals surface area contributed by atoms with Gasteiger partial charge in [-0.05, 0) is 46.0 Å². The highest BCUT2D eigenvalue weighted by molar-refractivity contribution is 5.48. The first-order valence-electron chi connectivity index (χ1n) is 6.44. The van der Waals surface area contributed by atoms with Crippen molar-refractivity contribution >= 4 is 5.82 Å². The van der Waals surface area contributed by atoms with E-state index >= 15 is 0 Å². The third-order valence-electron chi connectivity index (χ3n) is 3.24. The van der Waals surface area contributed by atoms with Crippen LogP contribution in [-0.4, -0.2) is 27.7 Å². The molecule has 2 rings (SSSR count). The molecule has 1 heterocycles. The maximum atomic E-state index is 8.93. The van der Waals surface area contributed by atoms with Crippen LogP contribution in [0.3, 0.4) is 0 Å². The minimum absolute atomic E-state index is 0.209. The summed E-state index contributed by atoms with van der Waals surface area (Å²) in [6, 6.07) is 0.250. The van der Waals surface area contributed by atoms with Crippen LogP contribution in [-0.2, 0) is 12.8 Å². The number of anilines is 1. The number of aliphatic hydroxyl groups excluding tert-OH is 1. The lowest BCUT2D eigenvalue weighted by Gasteiger charge is -2.21. The Morgan fingerprint density at radius 3 is 2.82 bits per heavy atom. The fourth-order valence-corrected chi connectivity index (χ4v) is 2.34. The largest absolute Gasteiger partial charge is 0.396 e. The van der Waals surface area contributed by atoms with E-state index in [1.807, 2.05) is 6.92 Å². The predicted molar refractivity (Wildman–Crippen MR) is 68.2 cm³/mol. The number of aromatic nitrogens is 2. The van der Waals surface area contributed by atoms with E-state index in [0.717, 1.165) is 30.9 Å². The minimum atomic E-state index is 0.209. The van der Waals surface area contributed by atoms with Crippen molar-refractivity contribution in [2.45, 2.75) is 52.0 Å². The van der Waals surface area contributed by atoms with E-state index in [2.05, 4.69) is 22.2 Å². The van der Waals surface area contributed by atoms with Gasteiger partial charge in [-0.25, -0.2) is 9.97 Å². The highest BCUT2D eigenvalue weighted by Crippen LogP contribution is 2.25. The molecule has 17 heavy (non-hydrogen) atoms. The Labute approximate surface area is 102 Å². The summed E-state index contributed by atoms with van der Waals surface area (Å²) in [6.07, 6.45) is 5.35. The molecular formula is C13H21N3O. The fraction of sp³-hybridized carbons (Fsp3) is 0.692. The van der Waals surface area contributed by atoms with Gasteiger partial charge in [-0.3, -0.25) is 0 Å². The van der Waals surface area contributed by atoms with Crippen LogP contribution < -0.4 is 5.32 Å². The molecule has 1 aliphatic rings. The minimum Gasteiger partial charge on any atom is -0.396 e. The number of nitrogens with one attached hydrogen (secondary N) is 1. The maximum absolute atomic E-state index is 8.93. The Kier molecular flexibility index (Phi) is 3.94. The molecule has 0 saturated heterocycles. The molecule has 0 amide bonds. The van der Waals surface area contributed by atoms with Crippen molar-refractivity contribution < 1.29 is 5.11 Å². The van der Waals surface area contributed by atoms with Crippen molar-refractivity contribution in [2.75, 3.05) is 11.9 Å². The molecule has 1 aliphatic carbocycles. The molecule has 2 N–H and O–H groups in total. The molecule has 4 nitrogen and oxygen atoms in total. The molecule has 1 atom stereocenters. The first-order valence-corrected chi connectivity index (χ1v) is 6.44. The maximum Gasteiger partial charge on any atom is 0.133 e. The van der Waals surface area contributed by atoms with E-state index in [1.165, 1.54) is 24.1 Å². The van der Waals surface area contributed by atoms with Gasteiger partial charge in [-0.1, -0.05) is 0 Å². The van der Waals surface area contributed by atoms with E-state index in [4.69, 9.17) is 5.11 Å². The lowest BCUT2D eigenvalue weighted by atomic mass is 9.96. The molecule has 0 saturated carbocycles. The molecule has 1 aromatic rings. The quantitative estimate of drug-likeness (QED) is 0.836. The van der Waals surface area contributed by atoms with E-state index < -0.39 is 0 Å². The summed E-state index contributed by atoms with van der Waals surface area (Å²) in [5.74, 6) is 1.82. The Morgan fingerprint density at radius 1 is 1.29 bits per heavy atom. The second-order valence-electron chi connectivity index (χ2n) is 4.81. The number of aryl methyl sites for hydroxylation is 2. The van der Waals surface area contributed by atoms with Crippen LogP contribution in [0.1, 0.15) is 43.3 Å². The fourth-order valence-electron chi connectivity index (χ4n) is 2.34. The van der Waals surface area contributed by atoms with Crippen LogP contribution in [0.15, 0.2) is 0 Å². The molecule has 4 heteroatoms. The van der Waals surface area contributed by atoms with Gasteiger partial charge < -0.3 is 10.4 Å². The van der Waals surface area contributed by atoms with Crippen LogP contribution in [0.2, 0.25) is 0 Å². The number of fused-ring (bicyclic) bond motifs is 1. The molecule has 0 fully saturated rings. The Morgan fingerprint density at radius 2 is 2.06 bits per heavy atom. The lowest BCUT2D eigenvalue weighted by Crippen LogP contribution is -2.21. The van der Waals surface area contributed by atoms with Crippen LogP contribution >= 0.6 is 0 Å². The SMILES string of the molecule is Cc1nc2c(c(N[C@H](C)CCO)n1)CCCC2. The standard InChI is InChI=1S/C13H21N3O/c1-9(7-8-17)14-13-11-5-3-4-6-12(11)15-10(2)16-13/h9,17H,3-8H2,1-2H3,(H,14,15,16)/t9-/m1/s1. The van der Waals surface area contributed by atoms with Gasteiger partial charge in [0.2, 0.25) is 0 Å². The van der Waals surface area contributed by atoms with Crippen molar-refractivity contribution in [3.8, 4) is 0 Å². The lowest BCUT2D eigenvalue weighted by molar-refractivity contribution is 0.282. The van der Waals surface area contributed by atoms with Crippen LogP contribution in [0.4, 0.5) is 5.82 Å². The van der Waals surface area contributed by atoms with Crippen LogP contribution in [0.5, 0.6) is 0 Å². The third-order valence-corrected chi connectivity index (χ3v) is 3.24. The van der Waals surface area contributed by atoms with Gasteiger partial charge in [0.05, 0.1) is 0 Å². The number of hydrogen-bond acceptors (Lipinski definition) is 4. The average Bonchev–Trinajstić information content (AvgIpc) is 2.29. The average molecular weight is 235 g/mol. The van der Waals surface area contributed by atoms with E-state index in [-0.39, 0.29) is 12.6 Å². The summed E-state index contributed by atoms with van der Waals surface area (Å²) in [7, 11) is 0. The molecule has 0 spiro atoms. The van der Waals surface area contributed by atoms with Gasteiger partial charge in [0.15, 0.2) is 0 Å². The van der Waals surface area contributed by atoms with Gasteiger partial charge in [-0.15, -0.1) is 0 Å². The first-order chi connectivity index (χ1) is 8.20. The molecule has 0 aromatic carbocycles. The molecule has 0 unspecified atom stereocenters. The molecule has 0 bridgehead atoms. The van der Waals surface area contributed by atoms with Crippen LogP contribution in [0.25, 0.3) is 0 Å². The summed E-state index contributed by atoms with van der Waals surface area (Å²) in [4.78, 5) is 9.03. The van der Waals surface area contributed by atoms with Crippen LogP contribution in [0, 0.1) is 6.92 Å². The molecule has 0 aliphatic heterocycles. The number of nitrogens with zero attached hydrogens (tertiary/aromatic N) is 2. The Balaban J connectivity index is 2.23. The van der Waals surface area contributed by atoms with Crippen molar-refractivity contribution in [3.63, 3.8) is 0 Å². The topological polar surface area (TPSA) is 58.0 Å². The zero-order valence-electron chi connectivity index (χ0n) is 10.7. The van der Waals surface area contributed by atoms with E-state index in [0.29, 0.717) is 0 Å². The molecule has 0 radical (unpaired) electrons. The summed E-state index contributed by atoms with van der Waals surface area (Å²) < 4.78 is 0. The Hall–Kier alpha value is -1.16. The second kappa shape index (κ2) is 5.45. The van der Waals surface area contributed by atoms with Gasteiger partial charge >= 0.3 is 0 Å².